The number of carbonyl (C=O) groups is 1. The number of carboxylic acids is 1. The number of aliphatic hydroxyl groups excluding tert-OH is 1. The SMILES string of the molecule is NC(N)=NCCC[C@H](N)c1noc(CNS(=O)(=O)N[C@@H](CO)C(=O)O)n1. The van der Waals surface area contributed by atoms with E-state index in [2.05, 4.69) is 15.1 Å². The number of rotatable bonds is 12. The molecule has 14 nitrogen and oxygen atoms in total. The highest BCUT2D eigenvalue weighted by Gasteiger charge is 2.23. The fourth-order valence-corrected chi connectivity index (χ4v) is 2.64. The van der Waals surface area contributed by atoms with Crippen molar-refractivity contribution in [3.8, 4) is 0 Å². The first-order chi connectivity index (χ1) is 12.1. The minimum absolute atomic E-state index is 0.0207. The van der Waals surface area contributed by atoms with Gasteiger partial charge in [-0.15, -0.1) is 0 Å². The molecule has 10 N–H and O–H groups in total. The zero-order valence-corrected chi connectivity index (χ0v) is 14.5. The number of aliphatic hydroxyl groups is 1. The van der Waals surface area contributed by atoms with Crippen LogP contribution in [0, 0.1) is 0 Å². The van der Waals surface area contributed by atoms with Crippen molar-refractivity contribution in [2.45, 2.75) is 31.5 Å². The van der Waals surface area contributed by atoms with Crippen LogP contribution < -0.4 is 26.6 Å². The first kappa shape index (κ1) is 21.7. The lowest BCUT2D eigenvalue weighted by Gasteiger charge is -2.11. The van der Waals surface area contributed by atoms with E-state index in [0.29, 0.717) is 19.4 Å². The average Bonchev–Trinajstić information content (AvgIpc) is 3.03. The Kier molecular flexibility index (Phi) is 8.33. The molecule has 0 spiro atoms. The Hall–Kier alpha value is -2.33. The molecule has 1 aromatic heterocycles. The summed E-state index contributed by atoms with van der Waals surface area (Å²) in [5, 5.41) is 21.2. The van der Waals surface area contributed by atoms with Gasteiger partial charge in [-0.05, 0) is 12.8 Å². The van der Waals surface area contributed by atoms with E-state index in [-0.39, 0.29) is 24.2 Å². The van der Waals surface area contributed by atoms with Crippen LogP contribution in [0.25, 0.3) is 0 Å². The van der Waals surface area contributed by atoms with Crippen LogP contribution in [0.1, 0.15) is 30.6 Å². The fraction of sp³-hybridized carbons (Fsp3) is 0.636. The quantitative estimate of drug-likeness (QED) is 0.104. The lowest BCUT2D eigenvalue weighted by atomic mass is 10.1. The van der Waals surface area contributed by atoms with Crippen LogP contribution in [0.5, 0.6) is 0 Å². The summed E-state index contributed by atoms with van der Waals surface area (Å²) in [6.45, 7) is -0.904. The summed E-state index contributed by atoms with van der Waals surface area (Å²) in [5.41, 5.74) is 16.3. The predicted molar refractivity (Wildman–Crippen MR) is 88.5 cm³/mol. The Labute approximate surface area is 149 Å². The van der Waals surface area contributed by atoms with Gasteiger partial charge in [-0.3, -0.25) is 9.79 Å². The summed E-state index contributed by atoms with van der Waals surface area (Å²) >= 11 is 0. The van der Waals surface area contributed by atoms with Crippen LogP contribution >= 0.6 is 0 Å². The first-order valence-corrected chi connectivity index (χ1v) is 8.87. The number of guanidine groups is 1. The zero-order chi connectivity index (χ0) is 19.7. The Morgan fingerprint density at radius 3 is 2.65 bits per heavy atom. The Bertz CT molecular complexity index is 716. The molecule has 0 fully saturated rings. The van der Waals surface area contributed by atoms with E-state index in [1.54, 1.807) is 4.72 Å². The highest BCUT2D eigenvalue weighted by Crippen LogP contribution is 2.12. The molecule has 0 saturated heterocycles. The highest BCUT2D eigenvalue weighted by atomic mass is 32.2. The van der Waals surface area contributed by atoms with Crippen molar-refractivity contribution in [3.63, 3.8) is 0 Å². The van der Waals surface area contributed by atoms with Crippen molar-refractivity contribution in [1.29, 1.82) is 0 Å². The van der Waals surface area contributed by atoms with E-state index >= 15 is 0 Å². The third-order valence-electron chi connectivity index (χ3n) is 2.97. The zero-order valence-electron chi connectivity index (χ0n) is 13.7. The second kappa shape index (κ2) is 9.97. The summed E-state index contributed by atoms with van der Waals surface area (Å²) in [6, 6.07) is -2.23. The van der Waals surface area contributed by atoms with Gasteiger partial charge in [-0.2, -0.15) is 22.8 Å². The molecule has 15 heteroatoms. The van der Waals surface area contributed by atoms with E-state index in [1.807, 2.05) is 4.72 Å². The summed E-state index contributed by atoms with van der Waals surface area (Å²) in [6.07, 6.45) is 1.05. The molecular formula is C11H22N8O6S. The smallest absolute Gasteiger partial charge is 0.324 e. The summed E-state index contributed by atoms with van der Waals surface area (Å²) in [4.78, 5) is 18.5. The second-order valence-corrected chi connectivity index (χ2v) is 6.65. The molecular weight excluding hydrogens is 372 g/mol. The molecule has 0 radical (unpaired) electrons. The fourth-order valence-electron chi connectivity index (χ4n) is 1.69. The molecule has 1 aromatic rings. The third kappa shape index (κ3) is 7.70. The molecule has 1 heterocycles. The van der Waals surface area contributed by atoms with Crippen LogP contribution in [0.2, 0.25) is 0 Å². The topological polar surface area (TPSA) is 245 Å². The van der Waals surface area contributed by atoms with Crippen molar-refractivity contribution in [2.24, 2.45) is 22.2 Å². The maximum Gasteiger partial charge on any atom is 0.324 e. The molecule has 0 aliphatic carbocycles. The minimum atomic E-state index is -4.21. The number of aromatic nitrogens is 2. The molecule has 0 aromatic carbocycles. The van der Waals surface area contributed by atoms with Gasteiger partial charge in [0.05, 0.1) is 19.2 Å². The molecule has 148 valence electrons. The predicted octanol–water partition coefficient (Wildman–Crippen LogP) is -3.51. The van der Waals surface area contributed by atoms with Crippen molar-refractivity contribution >= 4 is 22.1 Å². The van der Waals surface area contributed by atoms with Gasteiger partial charge in [0.25, 0.3) is 10.2 Å². The number of nitrogens with two attached hydrogens (primary N) is 3. The molecule has 0 bridgehead atoms. The van der Waals surface area contributed by atoms with Crippen LogP contribution in [0.15, 0.2) is 9.52 Å². The number of aliphatic imine (C=N–C) groups is 1. The summed E-state index contributed by atoms with van der Waals surface area (Å²) in [5.74, 6) is -1.44. The van der Waals surface area contributed by atoms with Crippen LogP contribution in [0.4, 0.5) is 0 Å². The van der Waals surface area contributed by atoms with Crippen molar-refractivity contribution in [3.05, 3.63) is 11.7 Å². The van der Waals surface area contributed by atoms with Crippen LogP contribution in [0.3, 0.4) is 0 Å². The number of carboxylic acid groups (broad SMARTS) is 1. The van der Waals surface area contributed by atoms with Gasteiger partial charge in [0, 0.05) is 6.54 Å². The van der Waals surface area contributed by atoms with Gasteiger partial charge >= 0.3 is 5.97 Å². The molecule has 0 amide bonds. The minimum Gasteiger partial charge on any atom is -0.480 e. The molecule has 0 unspecified atom stereocenters. The van der Waals surface area contributed by atoms with Gasteiger partial charge in [-0.1, -0.05) is 5.16 Å². The summed E-state index contributed by atoms with van der Waals surface area (Å²) < 4.78 is 32.0. The number of nitrogens with zero attached hydrogens (tertiary/aromatic N) is 3. The number of hydrogen-bond donors (Lipinski definition) is 7. The Morgan fingerprint density at radius 2 is 2.08 bits per heavy atom. The van der Waals surface area contributed by atoms with Gasteiger partial charge < -0.3 is 31.9 Å². The molecule has 26 heavy (non-hydrogen) atoms. The van der Waals surface area contributed by atoms with E-state index in [1.165, 1.54) is 0 Å². The van der Waals surface area contributed by atoms with Crippen molar-refractivity contribution in [1.82, 2.24) is 19.6 Å². The van der Waals surface area contributed by atoms with Gasteiger partial charge in [0.2, 0.25) is 5.89 Å². The Morgan fingerprint density at radius 1 is 1.38 bits per heavy atom. The maximum absolute atomic E-state index is 11.7. The number of aliphatic carboxylic acids is 1. The van der Waals surface area contributed by atoms with E-state index in [0.717, 1.165) is 0 Å². The number of hydrogen-bond acceptors (Lipinski definition) is 9. The van der Waals surface area contributed by atoms with Crippen molar-refractivity contribution < 1.29 is 27.9 Å². The monoisotopic (exact) mass is 394 g/mol. The first-order valence-electron chi connectivity index (χ1n) is 7.38. The second-order valence-electron chi connectivity index (χ2n) is 5.12. The summed E-state index contributed by atoms with van der Waals surface area (Å²) in [7, 11) is -4.21. The lowest BCUT2D eigenvalue weighted by molar-refractivity contribution is -0.139. The normalized spacial score (nSPS) is 13.9. The molecule has 0 aliphatic heterocycles. The molecule has 0 aliphatic rings. The maximum atomic E-state index is 11.7. The molecule has 1 rings (SSSR count). The van der Waals surface area contributed by atoms with Gasteiger partial charge in [0.1, 0.15) is 6.04 Å². The van der Waals surface area contributed by atoms with Crippen LogP contribution in [-0.2, 0) is 21.5 Å². The van der Waals surface area contributed by atoms with E-state index in [4.69, 9.17) is 31.9 Å². The molecule has 2 atom stereocenters. The van der Waals surface area contributed by atoms with Crippen molar-refractivity contribution in [2.75, 3.05) is 13.2 Å². The van der Waals surface area contributed by atoms with E-state index < -0.39 is 34.9 Å². The lowest BCUT2D eigenvalue weighted by Crippen LogP contribution is -2.48. The third-order valence-corrected chi connectivity index (χ3v) is 4.09. The Balaban J connectivity index is 2.52. The molecule has 0 saturated carbocycles. The highest BCUT2D eigenvalue weighted by molar-refractivity contribution is 7.87. The standard InChI is InChI=1S/C11H22N8O6S/c12-6(2-1-3-15-11(13)14)9-17-8(25-18-9)4-16-26(23,24)19-7(5-20)10(21)22/h6-7,16,19-20H,1-5,12H2,(H,21,22)(H4,13,14,15)/t6-,7-/m0/s1. The average molecular weight is 394 g/mol. The van der Waals surface area contributed by atoms with Crippen LogP contribution in [-0.4, -0.2) is 59.9 Å². The van der Waals surface area contributed by atoms with Gasteiger partial charge in [0.15, 0.2) is 11.8 Å². The van der Waals surface area contributed by atoms with E-state index in [9.17, 15) is 13.2 Å². The number of nitrogens with one attached hydrogen (secondary N) is 2. The largest absolute Gasteiger partial charge is 0.480 e. The van der Waals surface area contributed by atoms with Gasteiger partial charge in [-0.25, -0.2) is 0 Å².